The number of nitrogens with one attached hydrogen (secondary N) is 1. The van der Waals surface area contributed by atoms with Gasteiger partial charge in [-0.3, -0.25) is 9.59 Å². The molecule has 3 heterocycles. The molecule has 1 aromatic rings. The summed E-state index contributed by atoms with van der Waals surface area (Å²) in [5, 5.41) is 0. The first-order valence-corrected chi connectivity index (χ1v) is 8.18. The lowest BCUT2D eigenvalue weighted by molar-refractivity contribution is -0.140. The number of imidazole rings is 1. The van der Waals surface area contributed by atoms with Crippen molar-refractivity contribution in [3.05, 3.63) is 18.2 Å². The van der Waals surface area contributed by atoms with Crippen molar-refractivity contribution in [1.29, 1.82) is 0 Å². The molecule has 6 heteroatoms. The lowest BCUT2D eigenvalue weighted by Gasteiger charge is -2.36. The molecule has 1 aromatic heterocycles. The van der Waals surface area contributed by atoms with Gasteiger partial charge < -0.3 is 14.8 Å². The van der Waals surface area contributed by atoms with Gasteiger partial charge in [0.1, 0.15) is 5.82 Å². The Morgan fingerprint density at radius 3 is 2.27 bits per heavy atom. The molecule has 2 amide bonds. The van der Waals surface area contributed by atoms with Gasteiger partial charge in [0.25, 0.3) is 0 Å². The predicted molar refractivity (Wildman–Crippen MR) is 82.1 cm³/mol. The second kappa shape index (κ2) is 6.50. The first-order chi connectivity index (χ1) is 10.6. The monoisotopic (exact) mass is 304 g/mol. The summed E-state index contributed by atoms with van der Waals surface area (Å²) >= 11 is 0. The molecule has 0 unspecified atom stereocenters. The van der Waals surface area contributed by atoms with Crippen LogP contribution in [0.2, 0.25) is 0 Å². The lowest BCUT2D eigenvalue weighted by Crippen LogP contribution is -2.46. The van der Waals surface area contributed by atoms with E-state index in [9.17, 15) is 9.59 Å². The molecule has 2 saturated heterocycles. The molecule has 0 bridgehead atoms. The molecule has 0 radical (unpaired) electrons. The maximum Gasteiger partial charge on any atom is 0.225 e. The van der Waals surface area contributed by atoms with Gasteiger partial charge in [0.2, 0.25) is 11.8 Å². The molecule has 0 saturated carbocycles. The van der Waals surface area contributed by atoms with Gasteiger partial charge >= 0.3 is 0 Å². The summed E-state index contributed by atoms with van der Waals surface area (Å²) in [6, 6.07) is 0. The molecule has 6 nitrogen and oxygen atoms in total. The number of nitrogens with zero attached hydrogens (tertiary/aromatic N) is 3. The Balaban J connectivity index is 1.49. The van der Waals surface area contributed by atoms with E-state index in [4.69, 9.17) is 0 Å². The van der Waals surface area contributed by atoms with E-state index >= 15 is 0 Å². The van der Waals surface area contributed by atoms with E-state index in [1.165, 1.54) is 0 Å². The summed E-state index contributed by atoms with van der Waals surface area (Å²) in [7, 11) is 0. The van der Waals surface area contributed by atoms with Crippen molar-refractivity contribution >= 4 is 11.8 Å². The average molecular weight is 304 g/mol. The Hall–Kier alpha value is -1.85. The lowest BCUT2D eigenvalue weighted by atomic mass is 9.92. The van der Waals surface area contributed by atoms with E-state index in [0.29, 0.717) is 19.0 Å². The van der Waals surface area contributed by atoms with E-state index < -0.39 is 0 Å². The highest BCUT2D eigenvalue weighted by Gasteiger charge is 2.32. The quantitative estimate of drug-likeness (QED) is 0.897. The van der Waals surface area contributed by atoms with Crippen LogP contribution in [0.25, 0.3) is 0 Å². The predicted octanol–water partition coefficient (Wildman–Crippen LogP) is 1.37. The molecule has 3 rings (SSSR count). The minimum absolute atomic E-state index is 0.0933. The zero-order valence-electron chi connectivity index (χ0n) is 13.1. The van der Waals surface area contributed by atoms with Gasteiger partial charge in [0, 0.05) is 57.3 Å². The summed E-state index contributed by atoms with van der Waals surface area (Å²) in [5.41, 5.74) is 0. The van der Waals surface area contributed by atoms with Crippen LogP contribution >= 0.6 is 0 Å². The van der Waals surface area contributed by atoms with Gasteiger partial charge in [-0.25, -0.2) is 4.98 Å². The standard InChI is InChI=1S/C16H24N4O2/c1-12(21)19-8-4-14(5-9-19)16(22)20-10-2-13(3-11-20)15-17-6-7-18-15/h6-7,13-14H,2-5,8-11H2,1H3,(H,17,18). The fourth-order valence-electron chi connectivity index (χ4n) is 3.57. The van der Waals surface area contributed by atoms with Crippen LogP contribution < -0.4 is 0 Å². The minimum atomic E-state index is 0.0933. The fourth-order valence-corrected chi connectivity index (χ4v) is 3.57. The van der Waals surface area contributed by atoms with E-state index in [2.05, 4.69) is 9.97 Å². The van der Waals surface area contributed by atoms with Crippen molar-refractivity contribution in [3.63, 3.8) is 0 Å². The van der Waals surface area contributed by atoms with Crippen LogP contribution in [-0.4, -0.2) is 57.8 Å². The average Bonchev–Trinajstić information content (AvgIpc) is 3.09. The largest absolute Gasteiger partial charge is 0.348 e. The van der Waals surface area contributed by atoms with Crippen LogP contribution in [0.1, 0.15) is 44.3 Å². The van der Waals surface area contributed by atoms with Crippen molar-refractivity contribution < 1.29 is 9.59 Å². The Kier molecular flexibility index (Phi) is 4.45. The summed E-state index contributed by atoms with van der Waals surface area (Å²) < 4.78 is 0. The molecule has 2 aliphatic rings. The Bertz CT molecular complexity index is 512. The van der Waals surface area contributed by atoms with Gasteiger partial charge in [-0.1, -0.05) is 0 Å². The van der Waals surface area contributed by atoms with E-state index in [1.807, 2.05) is 16.0 Å². The highest BCUT2D eigenvalue weighted by Crippen LogP contribution is 2.28. The van der Waals surface area contributed by atoms with Gasteiger partial charge in [-0.2, -0.15) is 0 Å². The van der Waals surface area contributed by atoms with Crippen LogP contribution in [0.15, 0.2) is 12.4 Å². The number of rotatable bonds is 2. The number of carbonyl (C=O) groups excluding carboxylic acids is 2. The SMILES string of the molecule is CC(=O)N1CCC(C(=O)N2CCC(c3ncc[nH]3)CC2)CC1. The zero-order chi connectivity index (χ0) is 15.5. The molecular weight excluding hydrogens is 280 g/mol. The molecule has 2 fully saturated rings. The van der Waals surface area contributed by atoms with E-state index in [-0.39, 0.29) is 17.7 Å². The first-order valence-electron chi connectivity index (χ1n) is 8.18. The molecule has 22 heavy (non-hydrogen) atoms. The van der Waals surface area contributed by atoms with Crippen molar-refractivity contribution in [2.24, 2.45) is 5.92 Å². The van der Waals surface area contributed by atoms with Gasteiger partial charge in [0.15, 0.2) is 0 Å². The summed E-state index contributed by atoms with van der Waals surface area (Å²) in [5.74, 6) is 1.97. The maximum absolute atomic E-state index is 12.6. The smallest absolute Gasteiger partial charge is 0.225 e. The topological polar surface area (TPSA) is 69.3 Å². The number of amides is 2. The zero-order valence-corrected chi connectivity index (χ0v) is 13.1. The molecule has 0 atom stereocenters. The van der Waals surface area contributed by atoms with E-state index in [1.54, 1.807) is 13.1 Å². The third kappa shape index (κ3) is 3.15. The second-order valence-corrected chi connectivity index (χ2v) is 6.35. The van der Waals surface area contributed by atoms with Crippen LogP contribution in [0.5, 0.6) is 0 Å². The van der Waals surface area contributed by atoms with E-state index in [0.717, 1.165) is 44.6 Å². The number of likely N-dealkylation sites (tertiary alicyclic amines) is 2. The number of aromatic nitrogens is 2. The molecule has 0 aliphatic carbocycles. The number of piperidine rings is 2. The van der Waals surface area contributed by atoms with Crippen LogP contribution in [0.3, 0.4) is 0 Å². The second-order valence-electron chi connectivity index (χ2n) is 6.35. The number of H-pyrrole nitrogens is 1. The number of aromatic amines is 1. The highest BCUT2D eigenvalue weighted by atomic mass is 16.2. The molecule has 0 aromatic carbocycles. The van der Waals surface area contributed by atoms with Gasteiger partial charge in [0.05, 0.1) is 0 Å². The third-order valence-electron chi connectivity index (χ3n) is 5.00. The number of hydrogen-bond acceptors (Lipinski definition) is 3. The van der Waals surface area contributed by atoms with Crippen molar-refractivity contribution in [1.82, 2.24) is 19.8 Å². The Morgan fingerprint density at radius 1 is 1.09 bits per heavy atom. The minimum Gasteiger partial charge on any atom is -0.348 e. The summed E-state index contributed by atoms with van der Waals surface area (Å²) in [6.45, 7) is 4.67. The number of hydrogen-bond donors (Lipinski definition) is 1. The maximum atomic E-state index is 12.6. The molecular formula is C16H24N4O2. The summed E-state index contributed by atoms with van der Waals surface area (Å²) in [4.78, 5) is 35.3. The Morgan fingerprint density at radius 2 is 1.73 bits per heavy atom. The van der Waals surface area contributed by atoms with Gasteiger partial charge in [-0.05, 0) is 25.7 Å². The normalized spacial score (nSPS) is 21.1. The number of carbonyl (C=O) groups is 2. The summed E-state index contributed by atoms with van der Waals surface area (Å²) in [6.07, 6.45) is 7.20. The molecule has 0 spiro atoms. The molecule has 120 valence electrons. The highest BCUT2D eigenvalue weighted by molar-refractivity contribution is 5.79. The van der Waals surface area contributed by atoms with Crippen molar-refractivity contribution in [3.8, 4) is 0 Å². The van der Waals surface area contributed by atoms with Crippen LogP contribution in [0.4, 0.5) is 0 Å². The van der Waals surface area contributed by atoms with Crippen molar-refractivity contribution in [2.75, 3.05) is 26.2 Å². The molecule has 2 aliphatic heterocycles. The van der Waals surface area contributed by atoms with Crippen LogP contribution in [0, 0.1) is 5.92 Å². The Labute approximate surface area is 130 Å². The third-order valence-corrected chi connectivity index (χ3v) is 5.00. The van der Waals surface area contributed by atoms with Gasteiger partial charge in [-0.15, -0.1) is 0 Å². The molecule has 1 N–H and O–H groups in total. The first kappa shape index (κ1) is 15.1. The van der Waals surface area contributed by atoms with Crippen molar-refractivity contribution in [2.45, 2.75) is 38.5 Å². The van der Waals surface area contributed by atoms with Crippen LogP contribution in [-0.2, 0) is 9.59 Å². The fraction of sp³-hybridized carbons (Fsp3) is 0.688.